The van der Waals surface area contributed by atoms with Crippen LogP contribution in [0.3, 0.4) is 0 Å². The monoisotopic (exact) mass is 388 g/mol. The maximum atomic E-state index is 10.3. The molecule has 0 spiro atoms. The molecule has 0 amide bonds. The third kappa shape index (κ3) is 12.0. The van der Waals surface area contributed by atoms with Gasteiger partial charge in [-0.15, -0.1) is 0 Å². The largest absolute Gasteiger partial charge is 1.00 e. The molecule has 14 heteroatoms. The van der Waals surface area contributed by atoms with Gasteiger partial charge in [0, 0.05) is 0 Å². The molecule has 0 aliphatic rings. The number of carboxylic acids is 2. The topological polar surface area (TPSA) is 208 Å². The summed E-state index contributed by atoms with van der Waals surface area (Å²) in [7, 11) is -4.56. The molecule has 2 rings (SSSR count). The van der Waals surface area contributed by atoms with E-state index in [9.17, 15) is 14.6 Å². The fourth-order valence-corrected chi connectivity index (χ4v) is 1.41. The number of rotatable bonds is 4. The van der Waals surface area contributed by atoms with E-state index in [4.69, 9.17) is 35.5 Å². The zero-order valence-electron chi connectivity index (χ0n) is 14.5. The standard InChI is InChI=1S/2C7H6O3.B2H3O5.Li/c2*8-6-4-2-1-3-5(6)7(9)10;3-1(4)7-2(5)6;/h2*1-4,8H,(H,9,10);3-5H;/q;;-1;+1. The van der Waals surface area contributed by atoms with Gasteiger partial charge in [-0.25, -0.2) is 9.59 Å². The number of para-hydroxylation sites is 2. The Kier molecular flexibility index (Phi) is 14.4. The van der Waals surface area contributed by atoms with Gasteiger partial charge < -0.3 is 45.1 Å². The molecular weight excluding hydrogens is 373 g/mol. The van der Waals surface area contributed by atoms with Crippen LogP contribution in [-0.2, 0) is 4.57 Å². The molecule has 0 radical (unpaired) electrons. The van der Waals surface area contributed by atoms with Crippen LogP contribution in [-0.4, -0.2) is 62.1 Å². The number of aromatic carboxylic acids is 2. The number of hydrogen-bond acceptors (Lipinski definition) is 9. The van der Waals surface area contributed by atoms with Gasteiger partial charge in [0.1, 0.15) is 22.6 Å². The predicted octanol–water partition coefficient (Wildman–Crippen LogP) is -4.51. The van der Waals surface area contributed by atoms with Crippen LogP contribution in [0.1, 0.15) is 20.7 Å². The SMILES string of the molecule is O=C(O)c1ccccc1O.O=C(O)c1ccccc1O.[Li+].[O-]B(O)OB(O)O. The maximum Gasteiger partial charge on any atom is 1.00 e. The number of benzene rings is 2. The van der Waals surface area contributed by atoms with Gasteiger partial charge in [-0.3, -0.25) is 0 Å². The number of phenols is 2. The van der Waals surface area contributed by atoms with Crippen LogP contribution in [0.4, 0.5) is 0 Å². The average molecular weight is 388 g/mol. The summed E-state index contributed by atoms with van der Waals surface area (Å²) in [5.74, 6) is -2.62. The van der Waals surface area contributed by atoms with Gasteiger partial charge in [-0.2, -0.15) is 0 Å². The van der Waals surface area contributed by atoms with Crippen molar-refractivity contribution in [3.63, 3.8) is 0 Å². The first-order chi connectivity index (χ1) is 12.6. The Morgan fingerprint density at radius 2 is 1.11 bits per heavy atom. The summed E-state index contributed by atoms with van der Waals surface area (Å²) in [6.45, 7) is 0. The van der Waals surface area contributed by atoms with E-state index in [2.05, 4.69) is 4.57 Å². The van der Waals surface area contributed by atoms with E-state index in [1.165, 1.54) is 24.3 Å². The molecule has 0 aromatic heterocycles. The molecule has 0 fully saturated rings. The number of carbonyl (C=O) groups is 2. The predicted molar refractivity (Wildman–Crippen MR) is 89.4 cm³/mol. The van der Waals surface area contributed by atoms with E-state index >= 15 is 0 Å². The van der Waals surface area contributed by atoms with Crippen LogP contribution >= 0.6 is 0 Å². The zero-order valence-corrected chi connectivity index (χ0v) is 14.5. The fourth-order valence-electron chi connectivity index (χ4n) is 1.41. The summed E-state index contributed by atoms with van der Waals surface area (Å²) in [6, 6.07) is 11.6. The molecule has 0 saturated heterocycles. The Morgan fingerprint density at radius 3 is 1.25 bits per heavy atom. The van der Waals surface area contributed by atoms with Crippen molar-refractivity contribution in [2.24, 2.45) is 0 Å². The second-order valence-corrected chi connectivity index (χ2v) is 4.41. The molecule has 0 unspecified atom stereocenters. The fraction of sp³-hybridized carbons (Fsp3) is 0. The van der Waals surface area contributed by atoms with Gasteiger partial charge in [-0.1, -0.05) is 24.3 Å². The van der Waals surface area contributed by atoms with Crippen molar-refractivity contribution in [1.82, 2.24) is 0 Å². The summed E-state index contributed by atoms with van der Waals surface area (Å²) in [5, 5.41) is 67.0. The quantitative estimate of drug-likeness (QED) is 0.248. The van der Waals surface area contributed by atoms with Gasteiger partial charge in [0.15, 0.2) is 0 Å². The van der Waals surface area contributed by atoms with Crippen LogP contribution in [0, 0.1) is 0 Å². The van der Waals surface area contributed by atoms with Crippen LogP contribution in [0.15, 0.2) is 48.5 Å². The Bertz CT molecular complexity index is 681. The third-order valence-electron chi connectivity index (χ3n) is 2.51. The van der Waals surface area contributed by atoms with E-state index in [0.717, 1.165) is 0 Å². The van der Waals surface area contributed by atoms with E-state index in [-0.39, 0.29) is 41.5 Å². The van der Waals surface area contributed by atoms with Crippen molar-refractivity contribution in [3.05, 3.63) is 59.7 Å². The smallest absolute Gasteiger partial charge is 0.833 e. The van der Waals surface area contributed by atoms with E-state index in [1.54, 1.807) is 24.3 Å². The molecule has 7 N–H and O–H groups in total. The molecule has 28 heavy (non-hydrogen) atoms. The van der Waals surface area contributed by atoms with Crippen molar-refractivity contribution < 1.29 is 73.5 Å². The molecule has 2 aromatic carbocycles. The minimum atomic E-state index is -2.38. The van der Waals surface area contributed by atoms with Gasteiger partial charge in [0.2, 0.25) is 0 Å². The molecule has 144 valence electrons. The Hall–Kier alpha value is -2.49. The first-order valence-corrected chi connectivity index (χ1v) is 6.94. The molecule has 2 aromatic rings. The van der Waals surface area contributed by atoms with Crippen molar-refractivity contribution in [2.75, 3.05) is 0 Å². The van der Waals surface area contributed by atoms with Gasteiger partial charge in [0.25, 0.3) is 0 Å². The maximum absolute atomic E-state index is 10.3. The third-order valence-corrected chi connectivity index (χ3v) is 2.51. The second-order valence-electron chi connectivity index (χ2n) is 4.41. The summed E-state index contributed by atoms with van der Waals surface area (Å²) < 4.78 is 3.36. The molecule has 0 atom stereocenters. The second kappa shape index (κ2) is 14.6. The summed E-state index contributed by atoms with van der Waals surface area (Å²) in [5.41, 5.74) is -0.134. The van der Waals surface area contributed by atoms with Gasteiger partial charge in [-0.05, 0) is 24.3 Å². The molecule has 0 saturated carbocycles. The zero-order chi connectivity index (χ0) is 21.0. The minimum Gasteiger partial charge on any atom is -0.833 e. The number of hydrogen-bond donors (Lipinski definition) is 7. The van der Waals surface area contributed by atoms with Crippen LogP contribution in [0.5, 0.6) is 11.5 Å². The van der Waals surface area contributed by atoms with Crippen molar-refractivity contribution in [2.45, 2.75) is 0 Å². The molecular formula is C14H15B2LiO11. The van der Waals surface area contributed by atoms with Gasteiger partial charge in [0.05, 0.1) is 0 Å². The van der Waals surface area contributed by atoms with E-state index in [0.29, 0.717) is 0 Å². The number of carboxylic acid groups (broad SMARTS) is 2. The van der Waals surface area contributed by atoms with Crippen LogP contribution in [0.25, 0.3) is 0 Å². The first-order valence-electron chi connectivity index (χ1n) is 6.94. The molecule has 0 bridgehead atoms. The Morgan fingerprint density at radius 1 is 0.786 bits per heavy atom. The average Bonchev–Trinajstić information content (AvgIpc) is 2.55. The van der Waals surface area contributed by atoms with Gasteiger partial charge >= 0.3 is 45.4 Å². The van der Waals surface area contributed by atoms with Crippen molar-refractivity contribution in [3.8, 4) is 11.5 Å². The van der Waals surface area contributed by atoms with E-state index < -0.39 is 26.6 Å². The van der Waals surface area contributed by atoms with Crippen molar-refractivity contribution >= 4 is 26.6 Å². The molecule has 0 aliphatic heterocycles. The normalized spacial score (nSPS) is 8.71. The summed E-state index contributed by atoms with van der Waals surface area (Å²) in [4.78, 5) is 20.5. The molecule has 11 nitrogen and oxygen atoms in total. The summed E-state index contributed by atoms with van der Waals surface area (Å²) in [6.07, 6.45) is 0. The molecule has 0 aliphatic carbocycles. The van der Waals surface area contributed by atoms with Crippen molar-refractivity contribution in [1.29, 1.82) is 0 Å². The van der Waals surface area contributed by atoms with Crippen LogP contribution in [0.2, 0.25) is 0 Å². The Labute approximate surface area is 171 Å². The molecule has 0 heterocycles. The minimum absolute atomic E-state index is 0. The van der Waals surface area contributed by atoms with Crippen LogP contribution < -0.4 is 23.9 Å². The first kappa shape index (κ1) is 27.7. The summed E-state index contributed by atoms with van der Waals surface area (Å²) >= 11 is 0. The Balaban J connectivity index is 0. The number of aromatic hydroxyl groups is 2. The van der Waals surface area contributed by atoms with E-state index in [1.807, 2.05) is 0 Å².